The van der Waals surface area contributed by atoms with Gasteiger partial charge in [-0.15, -0.1) is 0 Å². The Balaban J connectivity index is 1.91. The van der Waals surface area contributed by atoms with E-state index in [1.807, 2.05) is 23.1 Å². The van der Waals surface area contributed by atoms with Crippen LogP contribution in [0.5, 0.6) is 0 Å². The zero-order valence-corrected chi connectivity index (χ0v) is 12.3. The van der Waals surface area contributed by atoms with Gasteiger partial charge in [-0.2, -0.15) is 0 Å². The zero-order valence-electron chi connectivity index (χ0n) is 12.3. The number of rotatable bonds is 6. The Labute approximate surface area is 121 Å². The van der Waals surface area contributed by atoms with Crippen molar-refractivity contribution in [3.05, 3.63) is 35.9 Å². The maximum atomic E-state index is 12.0. The molecule has 0 spiro atoms. The van der Waals surface area contributed by atoms with Crippen molar-refractivity contribution in [3.8, 4) is 0 Å². The van der Waals surface area contributed by atoms with E-state index in [-0.39, 0.29) is 12.5 Å². The van der Waals surface area contributed by atoms with E-state index >= 15 is 0 Å². The van der Waals surface area contributed by atoms with Crippen molar-refractivity contribution in [3.63, 3.8) is 0 Å². The lowest BCUT2D eigenvalue weighted by atomic mass is 10.1. The number of nitrogens with zero attached hydrogens (tertiary/aromatic N) is 2. The minimum Gasteiger partial charge on any atom is -0.340 e. The Hall–Kier alpha value is -1.39. The number of carbonyl (C=O) groups is 1. The van der Waals surface area contributed by atoms with Crippen LogP contribution in [0, 0.1) is 0 Å². The molecule has 1 saturated heterocycles. The first kappa shape index (κ1) is 15.0. The maximum absolute atomic E-state index is 12.0. The highest BCUT2D eigenvalue weighted by molar-refractivity contribution is 5.78. The lowest BCUT2D eigenvalue weighted by molar-refractivity contribution is -0.130. The second-order valence-electron chi connectivity index (χ2n) is 5.56. The molecule has 1 heterocycles. The van der Waals surface area contributed by atoms with Crippen LogP contribution in [0.1, 0.15) is 18.4 Å². The molecule has 1 aliphatic heterocycles. The molecule has 0 saturated carbocycles. The fourth-order valence-electron chi connectivity index (χ4n) is 2.82. The van der Waals surface area contributed by atoms with Crippen LogP contribution >= 0.6 is 0 Å². The Kier molecular flexibility index (Phi) is 5.56. The van der Waals surface area contributed by atoms with E-state index in [9.17, 15) is 4.79 Å². The van der Waals surface area contributed by atoms with Crippen LogP contribution in [-0.4, -0.2) is 55.0 Å². The molecule has 1 unspecified atom stereocenters. The van der Waals surface area contributed by atoms with E-state index in [4.69, 9.17) is 5.73 Å². The third-order valence-corrected chi connectivity index (χ3v) is 4.14. The smallest absolute Gasteiger partial charge is 0.236 e. The average molecular weight is 275 g/mol. The predicted molar refractivity (Wildman–Crippen MR) is 81.4 cm³/mol. The van der Waals surface area contributed by atoms with Crippen molar-refractivity contribution < 1.29 is 4.79 Å². The monoisotopic (exact) mass is 275 g/mol. The average Bonchev–Trinajstić information content (AvgIpc) is 2.89. The van der Waals surface area contributed by atoms with Crippen LogP contribution in [0.15, 0.2) is 30.3 Å². The molecule has 4 heteroatoms. The Morgan fingerprint density at radius 1 is 1.40 bits per heavy atom. The van der Waals surface area contributed by atoms with Gasteiger partial charge in [0.1, 0.15) is 0 Å². The largest absolute Gasteiger partial charge is 0.340 e. The van der Waals surface area contributed by atoms with E-state index in [2.05, 4.69) is 24.1 Å². The lowest BCUT2D eigenvalue weighted by Gasteiger charge is -2.29. The molecular weight excluding hydrogens is 250 g/mol. The van der Waals surface area contributed by atoms with Gasteiger partial charge in [0.2, 0.25) is 5.91 Å². The third kappa shape index (κ3) is 4.05. The predicted octanol–water partition coefficient (Wildman–Crippen LogP) is 1.11. The lowest BCUT2D eigenvalue weighted by Crippen LogP contribution is -2.45. The molecule has 1 aromatic carbocycles. The van der Waals surface area contributed by atoms with Crippen LogP contribution < -0.4 is 5.73 Å². The summed E-state index contributed by atoms with van der Waals surface area (Å²) in [5.41, 5.74) is 6.81. The highest BCUT2D eigenvalue weighted by atomic mass is 16.2. The Morgan fingerprint density at radius 3 is 2.75 bits per heavy atom. The summed E-state index contributed by atoms with van der Waals surface area (Å²) in [7, 11) is 2.14. The van der Waals surface area contributed by atoms with Crippen molar-refractivity contribution in [2.45, 2.75) is 25.3 Å². The highest BCUT2D eigenvalue weighted by Gasteiger charge is 2.24. The topological polar surface area (TPSA) is 49.6 Å². The molecule has 1 aliphatic rings. The van der Waals surface area contributed by atoms with E-state index in [1.54, 1.807) is 0 Å². The van der Waals surface area contributed by atoms with Crippen molar-refractivity contribution in [2.24, 2.45) is 5.73 Å². The summed E-state index contributed by atoms with van der Waals surface area (Å²) in [5, 5.41) is 0. The van der Waals surface area contributed by atoms with Crippen molar-refractivity contribution >= 4 is 5.91 Å². The molecule has 0 radical (unpaired) electrons. The fourth-order valence-corrected chi connectivity index (χ4v) is 2.82. The molecule has 110 valence electrons. The van der Waals surface area contributed by atoms with Crippen LogP contribution in [0.25, 0.3) is 0 Å². The maximum Gasteiger partial charge on any atom is 0.236 e. The number of carbonyl (C=O) groups excluding carboxylic acids is 1. The first-order valence-corrected chi connectivity index (χ1v) is 7.42. The summed E-state index contributed by atoms with van der Waals surface area (Å²) < 4.78 is 0. The van der Waals surface area contributed by atoms with Crippen molar-refractivity contribution in [2.75, 3.05) is 33.2 Å². The number of hydrogen-bond donors (Lipinski definition) is 1. The molecule has 20 heavy (non-hydrogen) atoms. The SMILES string of the molecule is CN1CCCC1CN(CCc1ccccc1)C(=O)CN. The summed E-state index contributed by atoms with van der Waals surface area (Å²) in [5.74, 6) is 0.0567. The van der Waals surface area contributed by atoms with Gasteiger partial charge in [0.15, 0.2) is 0 Å². The molecule has 2 rings (SSSR count). The summed E-state index contributed by atoms with van der Waals surface area (Å²) in [4.78, 5) is 16.3. The molecule has 1 aromatic rings. The van der Waals surface area contributed by atoms with Gasteiger partial charge < -0.3 is 15.5 Å². The standard InChI is InChI=1S/C16H25N3O/c1-18-10-5-8-15(18)13-19(16(20)12-17)11-9-14-6-3-2-4-7-14/h2-4,6-7,15H,5,8-13,17H2,1H3. The second kappa shape index (κ2) is 7.41. The molecule has 4 nitrogen and oxygen atoms in total. The molecule has 2 N–H and O–H groups in total. The first-order valence-electron chi connectivity index (χ1n) is 7.42. The third-order valence-electron chi connectivity index (χ3n) is 4.14. The van der Waals surface area contributed by atoms with Gasteiger partial charge in [0.05, 0.1) is 6.54 Å². The minimum absolute atomic E-state index is 0.0567. The van der Waals surface area contributed by atoms with Gasteiger partial charge in [-0.3, -0.25) is 4.79 Å². The van der Waals surface area contributed by atoms with Crippen LogP contribution in [-0.2, 0) is 11.2 Å². The second-order valence-corrected chi connectivity index (χ2v) is 5.56. The molecule has 1 fully saturated rings. The summed E-state index contributed by atoms with van der Waals surface area (Å²) in [6, 6.07) is 10.8. The summed E-state index contributed by atoms with van der Waals surface area (Å²) in [6.07, 6.45) is 3.30. The summed E-state index contributed by atoms with van der Waals surface area (Å²) in [6.45, 7) is 2.79. The minimum atomic E-state index is 0.0567. The van der Waals surface area contributed by atoms with Crippen molar-refractivity contribution in [1.29, 1.82) is 0 Å². The fraction of sp³-hybridized carbons (Fsp3) is 0.562. The molecule has 0 bridgehead atoms. The Bertz CT molecular complexity index is 421. The van der Waals surface area contributed by atoms with Crippen LogP contribution in [0.2, 0.25) is 0 Å². The van der Waals surface area contributed by atoms with Gasteiger partial charge in [-0.25, -0.2) is 0 Å². The number of likely N-dealkylation sites (N-methyl/N-ethyl adjacent to an activating group) is 1. The molecule has 0 aromatic heterocycles. The summed E-state index contributed by atoms with van der Waals surface area (Å²) >= 11 is 0. The van der Waals surface area contributed by atoms with Gasteiger partial charge in [0, 0.05) is 19.1 Å². The number of hydrogen-bond acceptors (Lipinski definition) is 3. The molecule has 1 atom stereocenters. The molecule has 1 amide bonds. The van der Waals surface area contributed by atoms with E-state index in [1.165, 1.54) is 18.4 Å². The normalized spacial score (nSPS) is 19.2. The Morgan fingerprint density at radius 2 is 2.15 bits per heavy atom. The number of benzene rings is 1. The first-order chi connectivity index (χ1) is 9.70. The molecule has 0 aliphatic carbocycles. The number of amides is 1. The van der Waals surface area contributed by atoms with E-state index in [0.29, 0.717) is 6.04 Å². The molecular formula is C16H25N3O. The van der Waals surface area contributed by atoms with Gasteiger partial charge in [-0.05, 0) is 38.4 Å². The number of nitrogens with two attached hydrogens (primary N) is 1. The van der Waals surface area contributed by atoms with Crippen LogP contribution in [0.4, 0.5) is 0 Å². The van der Waals surface area contributed by atoms with Crippen LogP contribution in [0.3, 0.4) is 0 Å². The van der Waals surface area contributed by atoms with Crippen molar-refractivity contribution in [1.82, 2.24) is 9.80 Å². The quantitative estimate of drug-likeness (QED) is 0.846. The zero-order chi connectivity index (χ0) is 14.4. The van der Waals surface area contributed by atoms with Gasteiger partial charge in [0.25, 0.3) is 0 Å². The van der Waals surface area contributed by atoms with Gasteiger partial charge in [-0.1, -0.05) is 30.3 Å². The highest BCUT2D eigenvalue weighted by Crippen LogP contribution is 2.16. The van der Waals surface area contributed by atoms with E-state index in [0.717, 1.165) is 26.1 Å². The van der Waals surface area contributed by atoms with Gasteiger partial charge >= 0.3 is 0 Å². The van der Waals surface area contributed by atoms with E-state index < -0.39 is 0 Å². The number of likely N-dealkylation sites (tertiary alicyclic amines) is 1.